The van der Waals surface area contributed by atoms with Gasteiger partial charge in [0.2, 0.25) is 0 Å². The maximum absolute atomic E-state index is 10.3. The highest BCUT2D eigenvalue weighted by Gasteiger charge is 2.05. The number of furan rings is 2. The SMILES string of the molecule is O=Cc1coc(-c2ccco2)c1. The fourth-order valence-corrected chi connectivity index (χ4v) is 0.961. The Morgan fingerprint density at radius 3 is 2.75 bits per heavy atom. The number of hydrogen-bond acceptors (Lipinski definition) is 3. The molecular weight excluding hydrogens is 156 g/mol. The summed E-state index contributed by atoms with van der Waals surface area (Å²) in [6.45, 7) is 0. The molecule has 2 aromatic heterocycles. The number of aldehydes is 1. The molecule has 0 spiro atoms. The summed E-state index contributed by atoms with van der Waals surface area (Å²) >= 11 is 0. The van der Waals surface area contributed by atoms with Crippen LogP contribution in [0.1, 0.15) is 10.4 Å². The molecule has 0 aromatic carbocycles. The van der Waals surface area contributed by atoms with Gasteiger partial charge in [-0.25, -0.2) is 0 Å². The minimum Gasteiger partial charge on any atom is -0.461 e. The second kappa shape index (κ2) is 2.70. The second-order valence-corrected chi connectivity index (χ2v) is 2.34. The van der Waals surface area contributed by atoms with Gasteiger partial charge in [-0.15, -0.1) is 0 Å². The summed E-state index contributed by atoms with van der Waals surface area (Å²) in [4.78, 5) is 10.3. The van der Waals surface area contributed by atoms with E-state index in [1.165, 1.54) is 6.26 Å². The number of carbonyl (C=O) groups is 1. The Labute approximate surface area is 68.6 Å². The van der Waals surface area contributed by atoms with Crippen LogP contribution in [0.25, 0.3) is 11.5 Å². The molecule has 0 fully saturated rings. The third-order valence-corrected chi connectivity index (χ3v) is 1.52. The quantitative estimate of drug-likeness (QED) is 0.636. The van der Waals surface area contributed by atoms with Gasteiger partial charge in [0.1, 0.15) is 6.26 Å². The Morgan fingerprint density at radius 2 is 2.17 bits per heavy atom. The highest BCUT2D eigenvalue weighted by Crippen LogP contribution is 2.21. The van der Waals surface area contributed by atoms with Crippen molar-refractivity contribution < 1.29 is 13.6 Å². The van der Waals surface area contributed by atoms with Crippen LogP contribution in [0.4, 0.5) is 0 Å². The molecule has 60 valence electrons. The lowest BCUT2D eigenvalue weighted by atomic mass is 10.3. The van der Waals surface area contributed by atoms with Gasteiger partial charge < -0.3 is 8.83 Å². The van der Waals surface area contributed by atoms with Gasteiger partial charge in [-0.2, -0.15) is 0 Å². The molecule has 0 saturated heterocycles. The van der Waals surface area contributed by atoms with Crippen molar-refractivity contribution in [3.63, 3.8) is 0 Å². The highest BCUT2D eigenvalue weighted by molar-refractivity contribution is 5.76. The number of hydrogen-bond donors (Lipinski definition) is 0. The van der Waals surface area contributed by atoms with Crippen LogP contribution in [0, 0.1) is 0 Å². The van der Waals surface area contributed by atoms with Gasteiger partial charge in [-0.3, -0.25) is 4.79 Å². The first-order valence-electron chi connectivity index (χ1n) is 3.48. The summed E-state index contributed by atoms with van der Waals surface area (Å²) in [7, 11) is 0. The first kappa shape index (κ1) is 6.91. The smallest absolute Gasteiger partial charge is 0.169 e. The van der Waals surface area contributed by atoms with Crippen LogP contribution in [0.3, 0.4) is 0 Å². The summed E-state index contributed by atoms with van der Waals surface area (Å²) in [5, 5.41) is 0. The molecular formula is C9H6O3. The molecule has 0 aliphatic rings. The van der Waals surface area contributed by atoms with Crippen LogP contribution >= 0.6 is 0 Å². The molecule has 0 unspecified atom stereocenters. The Balaban J connectivity index is 2.41. The molecule has 0 aliphatic heterocycles. The van der Waals surface area contributed by atoms with Gasteiger partial charge in [0.05, 0.1) is 11.8 Å². The molecule has 3 nitrogen and oxygen atoms in total. The number of rotatable bonds is 2. The van der Waals surface area contributed by atoms with E-state index in [1.807, 2.05) is 0 Å². The fourth-order valence-electron chi connectivity index (χ4n) is 0.961. The van der Waals surface area contributed by atoms with E-state index in [2.05, 4.69) is 0 Å². The average molecular weight is 162 g/mol. The lowest BCUT2D eigenvalue weighted by molar-refractivity contribution is 0.112. The van der Waals surface area contributed by atoms with Crippen molar-refractivity contribution in [3.05, 3.63) is 36.3 Å². The van der Waals surface area contributed by atoms with Gasteiger partial charge in [0.15, 0.2) is 17.8 Å². The third kappa shape index (κ3) is 1.05. The van der Waals surface area contributed by atoms with Gasteiger partial charge in [-0.05, 0) is 18.2 Å². The molecule has 0 atom stereocenters. The van der Waals surface area contributed by atoms with E-state index in [0.717, 1.165) is 6.29 Å². The van der Waals surface area contributed by atoms with Crippen molar-refractivity contribution in [1.29, 1.82) is 0 Å². The van der Waals surface area contributed by atoms with Crippen molar-refractivity contribution in [2.45, 2.75) is 0 Å². The molecule has 0 amide bonds. The minimum atomic E-state index is 0.515. The standard InChI is InChI=1S/C9H6O3/c10-5-7-4-9(12-6-7)8-2-1-3-11-8/h1-6H. The van der Waals surface area contributed by atoms with Crippen molar-refractivity contribution in [2.24, 2.45) is 0 Å². The molecule has 0 radical (unpaired) electrons. The predicted molar refractivity (Wildman–Crippen MR) is 41.8 cm³/mol. The van der Waals surface area contributed by atoms with Crippen LogP contribution in [-0.4, -0.2) is 6.29 Å². The van der Waals surface area contributed by atoms with Crippen LogP contribution in [0.15, 0.2) is 39.6 Å². The van der Waals surface area contributed by atoms with Gasteiger partial charge in [0, 0.05) is 0 Å². The molecule has 0 saturated carbocycles. The molecule has 2 aromatic rings. The van der Waals surface area contributed by atoms with Crippen LogP contribution < -0.4 is 0 Å². The Hall–Kier alpha value is -1.77. The topological polar surface area (TPSA) is 43.4 Å². The lowest BCUT2D eigenvalue weighted by Gasteiger charge is -1.85. The van der Waals surface area contributed by atoms with E-state index in [-0.39, 0.29) is 0 Å². The summed E-state index contributed by atoms with van der Waals surface area (Å²) < 4.78 is 10.1. The summed E-state index contributed by atoms with van der Waals surface area (Å²) in [6, 6.07) is 5.16. The van der Waals surface area contributed by atoms with E-state index < -0.39 is 0 Å². The van der Waals surface area contributed by atoms with Gasteiger partial charge in [0.25, 0.3) is 0 Å². The van der Waals surface area contributed by atoms with E-state index in [4.69, 9.17) is 8.83 Å². The Bertz CT molecular complexity index is 370. The monoisotopic (exact) mass is 162 g/mol. The molecule has 3 heteroatoms. The van der Waals surface area contributed by atoms with Crippen LogP contribution in [-0.2, 0) is 0 Å². The zero-order valence-electron chi connectivity index (χ0n) is 6.19. The highest BCUT2D eigenvalue weighted by atomic mass is 16.4. The first-order valence-corrected chi connectivity index (χ1v) is 3.48. The second-order valence-electron chi connectivity index (χ2n) is 2.34. The largest absolute Gasteiger partial charge is 0.461 e. The van der Waals surface area contributed by atoms with E-state index in [0.29, 0.717) is 17.1 Å². The van der Waals surface area contributed by atoms with Gasteiger partial charge in [-0.1, -0.05) is 0 Å². The Morgan fingerprint density at radius 1 is 1.25 bits per heavy atom. The maximum atomic E-state index is 10.3. The molecule has 0 N–H and O–H groups in total. The van der Waals surface area contributed by atoms with Crippen molar-refractivity contribution in [2.75, 3.05) is 0 Å². The third-order valence-electron chi connectivity index (χ3n) is 1.52. The van der Waals surface area contributed by atoms with Crippen molar-refractivity contribution in [3.8, 4) is 11.5 Å². The zero-order chi connectivity index (χ0) is 8.39. The van der Waals surface area contributed by atoms with Crippen LogP contribution in [0.5, 0.6) is 0 Å². The maximum Gasteiger partial charge on any atom is 0.169 e. The normalized spacial score (nSPS) is 10.0. The van der Waals surface area contributed by atoms with Crippen LogP contribution in [0.2, 0.25) is 0 Å². The van der Waals surface area contributed by atoms with E-state index in [1.54, 1.807) is 24.5 Å². The first-order chi connectivity index (χ1) is 5.90. The van der Waals surface area contributed by atoms with Crippen molar-refractivity contribution >= 4 is 6.29 Å². The summed E-state index contributed by atoms with van der Waals surface area (Å²) in [6.07, 6.45) is 3.68. The summed E-state index contributed by atoms with van der Waals surface area (Å²) in [5.41, 5.74) is 0.515. The average Bonchev–Trinajstić information content (AvgIpc) is 2.75. The molecule has 0 aliphatic carbocycles. The zero-order valence-corrected chi connectivity index (χ0v) is 6.19. The molecule has 12 heavy (non-hydrogen) atoms. The van der Waals surface area contributed by atoms with Gasteiger partial charge >= 0.3 is 0 Å². The molecule has 2 rings (SSSR count). The Kier molecular flexibility index (Phi) is 1.55. The number of carbonyl (C=O) groups excluding carboxylic acids is 1. The van der Waals surface area contributed by atoms with E-state index in [9.17, 15) is 4.79 Å². The van der Waals surface area contributed by atoms with Crippen molar-refractivity contribution in [1.82, 2.24) is 0 Å². The fraction of sp³-hybridized carbons (Fsp3) is 0. The predicted octanol–water partition coefficient (Wildman–Crippen LogP) is 2.35. The summed E-state index contributed by atoms with van der Waals surface area (Å²) in [5.74, 6) is 1.20. The lowest BCUT2D eigenvalue weighted by Crippen LogP contribution is -1.68. The molecule has 0 bridgehead atoms. The van der Waals surface area contributed by atoms with E-state index >= 15 is 0 Å². The molecule has 2 heterocycles. The minimum absolute atomic E-state index is 0.515.